The second kappa shape index (κ2) is 6.14. The summed E-state index contributed by atoms with van der Waals surface area (Å²) in [6, 6.07) is 7.81. The maximum atomic E-state index is 11.0. The molecule has 1 rings (SSSR count). The largest absolute Gasteiger partial charge is 0.493 e. The molecule has 0 saturated carbocycles. The van der Waals surface area contributed by atoms with Crippen molar-refractivity contribution in [1.82, 2.24) is 0 Å². The smallest absolute Gasteiger partial charge is 0.232 e. The lowest BCUT2D eigenvalue weighted by Crippen LogP contribution is -2.19. The van der Waals surface area contributed by atoms with E-state index in [2.05, 4.69) is 20.8 Å². The van der Waals surface area contributed by atoms with Crippen molar-refractivity contribution in [3.05, 3.63) is 29.8 Å². The first kappa shape index (κ1) is 16.3. The van der Waals surface area contributed by atoms with Crippen molar-refractivity contribution >= 4 is 19.7 Å². The number of benzene rings is 1. The summed E-state index contributed by atoms with van der Waals surface area (Å²) in [5.74, 6) is 0.580. The van der Waals surface area contributed by atoms with Gasteiger partial charge in [0, 0.05) is 16.6 Å². The lowest BCUT2D eigenvalue weighted by molar-refractivity contribution is 0.266. The van der Waals surface area contributed by atoms with Crippen LogP contribution < -0.4 is 4.74 Å². The summed E-state index contributed by atoms with van der Waals surface area (Å²) >= 11 is 0. The molecule has 0 bridgehead atoms. The fourth-order valence-corrected chi connectivity index (χ4v) is 3.25. The molecule has 3 nitrogen and oxygen atoms in total. The molecule has 1 aromatic rings. The van der Waals surface area contributed by atoms with Crippen LogP contribution in [0.25, 0.3) is 0 Å². The quantitative estimate of drug-likeness (QED) is 0.781. The number of ether oxygens (including phenoxy) is 1. The van der Waals surface area contributed by atoms with Crippen molar-refractivity contribution < 1.29 is 13.2 Å². The van der Waals surface area contributed by atoms with Crippen LogP contribution in [-0.4, -0.2) is 20.8 Å². The highest BCUT2D eigenvalue weighted by molar-refractivity contribution is 8.13. The molecule has 1 aromatic carbocycles. The van der Waals surface area contributed by atoms with E-state index in [1.165, 1.54) is 0 Å². The number of hydrogen-bond donors (Lipinski definition) is 0. The molecule has 5 heteroatoms. The fraction of sp³-hybridized carbons (Fsp3) is 0.571. The Morgan fingerprint density at radius 1 is 1.26 bits per heavy atom. The van der Waals surface area contributed by atoms with Crippen LogP contribution in [-0.2, 0) is 14.5 Å². The molecule has 0 aromatic heterocycles. The highest BCUT2D eigenvalue weighted by Gasteiger charge is 2.19. The van der Waals surface area contributed by atoms with E-state index in [4.69, 9.17) is 15.4 Å². The lowest BCUT2D eigenvalue weighted by Gasteiger charge is -2.23. The summed E-state index contributed by atoms with van der Waals surface area (Å²) in [7, 11) is 1.76. The van der Waals surface area contributed by atoms with Crippen molar-refractivity contribution in [3.63, 3.8) is 0 Å². The average Bonchev–Trinajstić information content (AvgIpc) is 2.23. The summed E-state index contributed by atoms with van der Waals surface area (Å²) in [6.45, 7) is 8.48. The lowest BCUT2D eigenvalue weighted by atomic mass is 9.86. The van der Waals surface area contributed by atoms with E-state index in [1.807, 2.05) is 24.3 Å². The van der Waals surface area contributed by atoms with Gasteiger partial charge in [0.1, 0.15) is 5.75 Å². The van der Waals surface area contributed by atoms with E-state index >= 15 is 0 Å². The Morgan fingerprint density at radius 2 is 1.84 bits per heavy atom. The fourth-order valence-electron chi connectivity index (χ4n) is 1.83. The maximum absolute atomic E-state index is 11.0. The minimum Gasteiger partial charge on any atom is -0.493 e. The standard InChI is InChI=1S/C14H21ClO3S/c1-11(10-19(15,16)17)9-18-13-8-6-5-7-12(13)14(2,3)4/h5-8,11H,9-10H2,1-4H3. The Bertz CT molecular complexity index is 518. The molecular weight excluding hydrogens is 284 g/mol. The normalized spacial score (nSPS) is 14.2. The number of rotatable bonds is 5. The Morgan fingerprint density at radius 3 is 2.37 bits per heavy atom. The van der Waals surface area contributed by atoms with E-state index in [1.54, 1.807) is 6.92 Å². The summed E-state index contributed by atoms with van der Waals surface area (Å²) < 4.78 is 27.7. The molecule has 0 aliphatic heterocycles. The number of hydrogen-bond acceptors (Lipinski definition) is 3. The van der Waals surface area contributed by atoms with Crippen LogP contribution in [0.5, 0.6) is 5.75 Å². The van der Waals surface area contributed by atoms with E-state index in [0.717, 1.165) is 11.3 Å². The molecule has 0 aliphatic carbocycles. The summed E-state index contributed by atoms with van der Waals surface area (Å²) in [4.78, 5) is 0. The molecule has 0 amide bonds. The highest BCUT2D eigenvalue weighted by Crippen LogP contribution is 2.31. The zero-order valence-electron chi connectivity index (χ0n) is 11.8. The van der Waals surface area contributed by atoms with Gasteiger partial charge in [-0.05, 0) is 17.0 Å². The van der Waals surface area contributed by atoms with Gasteiger partial charge in [0.2, 0.25) is 9.05 Å². The topological polar surface area (TPSA) is 43.4 Å². The Labute approximate surface area is 120 Å². The molecule has 0 aliphatic rings. The second-order valence-electron chi connectivity index (χ2n) is 5.87. The first-order valence-corrected chi connectivity index (χ1v) is 8.72. The maximum Gasteiger partial charge on any atom is 0.232 e. The van der Waals surface area contributed by atoms with Crippen LogP contribution in [0.2, 0.25) is 0 Å². The van der Waals surface area contributed by atoms with Crippen LogP contribution in [0.15, 0.2) is 24.3 Å². The number of para-hydroxylation sites is 1. The van der Waals surface area contributed by atoms with Crippen molar-refractivity contribution in [2.45, 2.75) is 33.1 Å². The van der Waals surface area contributed by atoms with Crippen LogP contribution in [0, 0.1) is 5.92 Å². The Kier molecular flexibility index (Phi) is 5.27. The third kappa shape index (κ3) is 5.83. The van der Waals surface area contributed by atoms with E-state index < -0.39 is 9.05 Å². The first-order valence-electron chi connectivity index (χ1n) is 6.24. The molecule has 0 N–H and O–H groups in total. The molecule has 1 atom stereocenters. The van der Waals surface area contributed by atoms with E-state index in [-0.39, 0.29) is 17.1 Å². The molecule has 0 spiro atoms. The molecule has 1 unspecified atom stereocenters. The first-order chi connectivity index (χ1) is 8.59. The zero-order valence-corrected chi connectivity index (χ0v) is 13.4. The van der Waals surface area contributed by atoms with E-state index in [9.17, 15) is 8.42 Å². The van der Waals surface area contributed by atoms with Gasteiger partial charge in [0.05, 0.1) is 12.4 Å². The van der Waals surface area contributed by atoms with Crippen LogP contribution in [0.4, 0.5) is 0 Å². The predicted molar refractivity (Wildman–Crippen MR) is 79.4 cm³/mol. The molecule has 0 heterocycles. The molecule has 0 fully saturated rings. The molecule has 0 saturated heterocycles. The second-order valence-corrected chi connectivity index (χ2v) is 8.69. The predicted octanol–water partition coefficient (Wildman–Crippen LogP) is 3.57. The summed E-state index contributed by atoms with van der Waals surface area (Å²) in [5.41, 5.74) is 1.09. The minimum atomic E-state index is -3.47. The van der Waals surface area contributed by atoms with Gasteiger partial charge in [-0.25, -0.2) is 8.42 Å². The number of halogens is 1. The van der Waals surface area contributed by atoms with Crippen LogP contribution in [0.1, 0.15) is 33.3 Å². The van der Waals surface area contributed by atoms with Gasteiger partial charge >= 0.3 is 0 Å². The van der Waals surface area contributed by atoms with Gasteiger partial charge in [-0.1, -0.05) is 45.9 Å². The Balaban J connectivity index is 2.74. The van der Waals surface area contributed by atoms with Crippen molar-refractivity contribution in [1.29, 1.82) is 0 Å². The van der Waals surface area contributed by atoms with Gasteiger partial charge in [0.25, 0.3) is 0 Å². The monoisotopic (exact) mass is 304 g/mol. The van der Waals surface area contributed by atoms with Gasteiger partial charge in [-0.2, -0.15) is 0 Å². The summed E-state index contributed by atoms with van der Waals surface area (Å²) in [6.07, 6.45) is 0. The third-order valence-corrected chi connectivity index (χ3v) is 4.05. The van der Waals surface area contributed by atoms with Crippen molar-refractivity contribution in [2.24, 2.45) is 5.92 Å². The van der Waals surface area contributed by atoms with Crippen LogP contribution >= 0.6 is 10.7 Å². The highest BCUT2D eigenvalue weighted by atomic mass is 35.7. The average molecular weight is 305 g/mol. The molecular formula is C14H21ClO3S. The molecule has 0 radical (unpaired) electrons. The van der Waals surface area contributed by atoms with Gasteiger partial charge < -0.3 is 4.74 Å². The third-order valence-electron chi connectivity index (χ3n) is 2.70. The van der Waals surface area contributed by atoms with Crippen molar-refractivity contribution in [2.75, 3.05) is 12.4 Å². The van der Waals surface area contributed by atoms with Gasteiger partial charge in [0.15, 0.2) is 0 Å². The van der Waals surface area contributed by atoms with Gasteiger partial charge in [-0.15, -0.1) is 0 Å². The minimum absolute atomic E-state index is 0.0155. The van der Waals surface area contributed by atoms with Crippen molar-refractivity contribution in [3.8, 4) is 5.75 Å². The molecule has 19 heavy (non-hydrogen) atoms. The zero-order chi connectivity index (χ0) is 14.7. The SMILES string of the molecule is CC(COc1ccccc1C(C)(C)C)CS(=O)(=O)Cl. The van der Waals surface area contributed by atoms with Gasteiger partial charge in [-0.3, -0.25) is 0 Å². The van der Waals surface area contributed by atoms with Crippen LogP contribution in [0.3, 0.4) is 0 Å². The summed E-state index contributed by atoms with van der Waals surface area (Å²) in [5, 5.41) is 0. The Hall–Kier alpha value is -0.740. The molecule has 108 valence electrons. The van der Waals surface area contributed by atoms with E-state index in [0.29, 0.717) is 6.61 Å².